The third-order valence-electron chi connectivity index (χ3n) is 2.71. The van der Waals surface area contributed by atoms with E-state index in [4.69, 9.17) is 0 Å². The van der Waals surface area contributed by atoms with Gasteiger partial charge in [-0.1, -0.05) is 18.2 Å². The summed E-state index contributed by atoms with van der Waals surface area (Å²) >= 11 is 0. The van der Waals surface area contributed by atoms with E-state index in [1.807, 2.05) is 6.07 Å². The van der Waals surface area contributed by atoms with Gasteiger partial charge in [0.2, 0.25) is 14.7 Å². The van der Waals surface area contributed by atoms with Gasteiger partial charge in [0.05, 0.1) is 11.9 Å². The molecule has 0 N–H and O–H groups in total. The van der Waals surface area contributed by atoms with Crippen LogP contribution in [0, 0.1) is 0 Å². The van der Waals surface area contributed by atoms with E-state index in [0.29, 0.717) is 11.3 Å². The second-order valence-electron chi connectivity index (χ2n) is 3.62. The summed E-state index contributed by atoms with van der Waals surface area (Å²) < 4.78 is 24.2. The molecule has 16 heavy (non-hydrogen) atoms. The molecule has 1 aromatic carbocycles. The van der Waals surface area contributed by atoms with Crippen LogP contribution in [0.4, 0.5) is 5.69 Å². The minimum Gasteiger partial charge on any atom is -0.259 e. The highest BCUT2D eigenvalue weighted by atomic mass is 32.2. The highest BCUT2D eigenvalue weighted by molar-refractivity contribution is 7.96. The van der Waals surface area contributed by atoms with Gasteiger partial charge in [0.15, 0.2) is 0 Å². The van der Waals surface area contributed by atoms with Gasteiger partial charge in [0, 0.05) is 17.2 Å². The quantitative estimate of drug-likeness (QED) is 0.681. The number of sulfone groups is 1. The average Bonchev–Trinajstić information content (AvgIpc) is 2.64. The molecule has 0 saturated heterocycles. The minimum atomic E-state index is -3.46. The zero-order valence-electron chi connectivity index (χ0n) is 8.24. The molecule has 0 amide bonds. The maximum absolute atomic E-state index is 12.1. The Hall–Kier alpha value is -1.75. The second-order valence-corrected chi connectivity index (χ2v) is 5.61. The lowest BCUT2D eigenvalue weighted by molar-refractivity contribution is 0.583. The van der Waals surface area contributed by atoms with E-state index < -0.39 is 14.7 Å². The van der Waals surface area contributed by atoms with Crippen molar-refractivity contribution >= 4 is 28.0 Å². The first-order valence-corrected chi connectivity index (χ1v) is 6.32. The summed E-state index contributed by atoms with van der Waals surface area (Å²) in [5, 5.41) is 1.17. The van der Waals surface area contributed by atoms with Crippen LogP contribution in [0.1, 0.15) is 5.56 Å². The topological polar surface area (TPSA) is 58.9 Å². The van der Waals surface area contributed by atoms with Crippen LogP contribution in [0.25, 0.3) is 0 Å². The summed E-state index contributed by atoms with van der Waals surface area (Å²) in [4.78, 5) is 6.89. The van der Waals surface area contributed by atoms with Crippen molar-refractivity contribution in [3.8, 4) is 0 Å². The van der Waals surface area contributed by atoms with E-state index in [2.05, 4.69) is 9.98 Å². The van der Waals surface area contributed by atoms with Gasteiger partial charge in [0.1, 0.15) is 0 Å². The van der Waals surface area contributed by atoms with Gasteiger partial charge >= 0.3 is 0 Å². The first-order chi connectivity index (χ1) is 7.66. The number of fused-ring (bicyclic) bond motifs is 2. The molecule has 3 rings (SSSR count). The number of para-hydroxylation sites is 1. The summed E-state index contributed by atoms with van der Waals surface area (Å²) in [5.41, 5.74) is 1.29. The molecule has 2 aliphatic rings. The van der Waals surface area contributed by atoms with Gasteiger partial charge in [-0.05, 0) is 12.1 Å². The SMILES string of the molecule is O=S1(=O)C=CC=NC12C=Nc1ccccc12. The Morgan fingerprint density at radius 1 is 1.19 bits per heavy atom. The minimum absolute atomic E-state index is 0.621. The summed E-state index contributed by atoms with van der Waals surface area (Å²) in [6, 6.07) is 7.14. The molecule has 1 atom stereocenters. The molecule has 1 unspecified atom stereocenters. The molecule has 1 spiro atoms. The lowest BCUT2D eigenvalue weighted by atomic mass is 10.1. The van der Waals surface area contributed by atoms with Crippen LogP contribution in [-0.4, -0.2) is 20.8 Å². The predicted molar refractivity (Wildman–Crippen MR) is 62.8 cm³/mol. The zero-order valence-corrected chi connectivity index (χ0v) is 9.05. The molecule has 1 aromatic rings. The normalized spacial score (nSPS) is 28.5. The number of nitrogens with zero attached hydrogens (tertiary/aromatic N) is 2. The molecular weight excluding hydrogens is 224 g/mol. The van der Waals surface area contributed by atoms with E-state index in [0.717, 1.165) is 0 Å². The smallest absolute Gasteiger partial charge is 0.227 e. The van der Waals surface area contributed by atoms with Crippen molar-refractivity contribution in [3.05, 3.63) is 41.3 Å². The van der Waals surface area contributed by atoms with Gasteiger partial charge in [0.25, 0.3) is 0 Å². The van der Waals surface area contributed by atoms with Gasteiger partial charge in [-0.2, -0.15) is 0 Å². The summed E-state index contributed by atoms with van der Waals surface area (Å²) in [7, 11) is -3.46. The molecular formula is C11H8N2O2S. The molecule has 2 heterocycles. The standard InChI is InChI=1S/C11H8N2O2S/c14-16(15)7-3-6-13-11(16)8-12-10-5-2-1-4-9(10)11/h1-8H. The monoisotopic (exact) mass is 232 g/mol. The van der Waals surface area contributed by atoms with Gasteiger partial charge in [-0.3, -0.25) is 9.98 Å². The van der Waals surface area contributed by atoms with E-state index in [1.54, 1.807) is 18.2 Å². The maximum Gasteiger partial charge on any atom is 0.227 e. The maximum atomic E-state index is 12.1. The van der Waals surface area contributed by atoms with Crippen molar-refractivity contribution in [2.75, 3.05) is 0 Å². The first kappa shape index (κ1) is 9.47. The molecule has 5 heteroatoms. The van der Waals surface area contributed by atoms with Crippen LogP contribution in [0.5, 0.6) is 0 Å². The molecule has 2 aliphatic heterocycles. The van der Waals surface area contributed by atoms with E-state index in [-0.39, 0.29) is 0 Å². The summed E-state index contributed by atoms with van der Waals surface area (Å²) in [6.07, 6.45) is 4.32. The van der Waals surface area contributed by atoms with Crippen LogP contribution in [-0.2, 0) is 14.7 Å². The van der Waals surface area contributed by atoms with Crippen molar-refractivity contribution in [3.63, 3.8) is 0 Å². The molecule has 0 saturated carbocycles. The highest BCUT2D eigenvalue weighted by Crippen LogP contribution is 2.43. The Bertz CT molecular complexity index is 644. The molecule has 0 bridgehead atoms. The van der Waals surface area contributed by atoms with Crippen molar-refractivity contribution in [2.45, 2.75) is 4.87 Å². The van der Waals surface area contributed by atoms with Crippen molar-refractivity contribution < 1.29 is 8.42 Å². The van der Waals surface area contributed by atoms with Crippen LogP contribution in [0.2, 0.25) is 0 Å². The average molecular weight is 232 g/mol. The van der Waals surface area contributed by atoms with Gasteiger partial charge in [-0.15, -0.1) is 0 Å². The lowest BCUT2D eigenvalue weighted by Crippen LogP contribution is -2.33. The van der Waals surface area contributed by atoms with Gasteiger partial charge in [-0.25, -0.2) is 8.42 Å². The Kier molecular flexibility index (Phi) is 1.71. The summed E-state index contributed by atoms with van der Waals surface area (Å²) in [5.74, 6) is 0. The molecule has 0 radical (unpaired) electrons. The highest BCUT2D eigenvalue weighted by Gasteiger charge is 2.47. The Morgan fingerprint density at radius 3 is 2.81 bits per heavy atom. The second kappa shape index (κ2) is 2.89. The molecule has 0 fully saturated rings. The number of benzene rings is 1. The Labute approximate surface area is 93.0 Å². The first-order valence-electron chi connectivity index (χ1n) is 4.77. The Balaban J connectivity index is 2.35. The molecule has 0 aliphatic carbocycles. The van der Waals surface area contributed by atoms with E-state index in [9.17, 15) is 8.42 Å². The van der Waals surface area contributed by atoms with Crippen molar-refractivity contribution in [1.82, 2.24) is 0 Å². The number of hydrogen-bond acceptors (Lipinski definition) is 4. The van der Waals surface area contributed by atoms with Crippen molar-refractivity contribution in [1.29, 1.82) is 0 Å². The Morgan fingerprint density at radius 2 is 2.00 bits per heavy atom. The molecule has 80 valence electrons. The predicted octanol–water partition coefficient (Wildman–Crippen LogP) is 1.57. The molecule has 4 nitrogen and oxygen atoms in total. The van der Waals surface area contributed by atoms with Crippen LogP contribution < -0.4 is 0 Å². The molecule has 0 aromatic heterocycles. The fourth-order valence-electron chi connectivity index (χ4n) is 1.91. The van der Waals surface area contributed by atoms with Crippen LogP contribution in [0.15, 0.2) is 45.7 Å². The third kappa shape index (κ3) is 1.01. The number of allylic oxidation sites excluding steroid dienone is 1. The fraction of sp³-hybridized carbons (Fsp3) is 0.0909. The lowest BCUT2D eigenvalue weighted by Gasteiger charge is -2.22. The number of hydrogen-bond donors (Lipinski definition) is 0. The third-order valence-corrected chi connectivity index (χ3v) is 4.53. The van der Waals surface area contributed by atoms with E-state index >= 15 is 0 Å². The number of rotatable bonds is 0. The number of aliphatic imine (C=N–C) groups is 2. The fourth-order valence-corrected chi connectivity index (χ4v) is 3.29. The van der Waals surface area contributed by atoms with Crippen LogP contribution >= 0.6 is 0 Å². The van der Waals surface area contributed by atoms with Crippen molar-refractivity contribution in [2.24, 2.45) is 9.98 Å². The largest absolute Gasteiger partial charge is 0.259 e. The summed E-state index contributed by atoms with van der Waals surface area (Å²) in [6.45, 7) is 0. The van der Waals surface area contributed by atoms with E-state index in [1.165, 1.54) is 23.9 Å². The van der Waals surface area contributed by atoms with Gasteiger partial charge < -0.3 is 0 Å². The zero-order chi connectivity index (χ0) is 11.2. The van der Waals surface area contributed by atoms with Crippen LogP contribution in [0.3, 0.4) is 0 Å².